The molecule has 0 N–H and O–H groups in total. The summed E-state index contributed by atoms with van der Waals surface area (Å²) in [6.45, 7) is 16.8. The van der Waals surface area contributed by atoms with Crippen LogP contribution in [0.1, 0.15) is 113 Å². The van der Waals surface area contributed by atoms with Crippen molar-refractivity contribution < 1.29 is 4.79 Å². The Morgan fingerprint density at radius 2 is 1.77 bits per heavy atom. The largest absolute Gasteiger partial charge is 0.299 e. The lowest BCUT2D eigenvalue weighted by atomic mass is 9.47. The molecule has 1 nitrogen and oxygen atoms in total. The average Bonchev–Trinajstić information content (AvgIpc) is 3.02. The van der Waals surface area contributed by atoms with Crippen molar-refractivity contribution in [3.05, 3.63) is 22.8 Å². The predicted octanol–water partition coefficient (Wildman–Crippen LogP) is 8.30. The van der Waals surface area contributed by atoms with E-state index in [0.717, 1.165) is 24.7 Å². The van der Waals surface area contributed by atoms with Gasteiger partial charge in [0.05, 0.1) is 0 Å². The first-order valence-corrected chi connectivity index (χ1v) is 13.0. The Kier molecular flexibility index (Phi) is 5.68. The summed E-state index contributed by atoms with van der Waals surface area (Å²) < 4.78 is 0. The van der Waals surface area contributed by atoms with Crippen molar-refractivity contribution in [2.24, 2.45) is 39.9 Å². The molecule has 168 valence electrons. The van der Waals surface area contributed by atoms with E-state index < -0.39 is 0 Å². The van der Waals surface area contributed by atoms with Crippen molar-refractivity contribution >= 4 is 5.78 Å². The van der Waals surface area contributed by atoms with E-state index in [1.165, 1.54) is 51.4 Å². The summed E-state index contributed by atoms with van der Waals surface area (Å²) in [6, 6.07) is 0. The van der Waals surface area contributed by atoms with Gasteiger partial charge in [0.2, 0.25) is 0 Å². The quantitative estimate of drug-likeness (QED) is 0.445. The third-order valence-corrected chi connectivity index (χ3v) is 10.4. The molecule has 1 saturated carbocycles. The number of carbonyl (C=O) groups is 1. The third kappa shape index (κ3) is 3.38. The highest BCUT2D eigenvalue weighted by Gasteiger charge is 2.55. The van der Waals surface area contributed by atoms with Gasteiger partial charge in [-0.15, -0.1) is 0 Å². The fraction of sp³-hybridized carbons (Fsp3) is 0.828. The summed E-state index contributed by atoms with van der Waals surface area (Å²) in [4.78, 5) is 12.2. The molecule has 0 radical (unpaired) electrons. The fourth-order valence-corrected chi connectivity index (χ4v) is 8.54. The molecule has 0 aliphatic heterocycles. The maximum absolute atomic E-state index is 12.2. The minimum atomic E-state index is 0.183. The van der Waals surface area contributed by atoms with Gasteiger partial charge in [-0.3, -0.25) is 4.79 Å². The Balaban J connectivity index is 1.57. The van der Waals surface area contributed by atoms with Gasteiger partial charge in [-0.2, -0.15) is 0 Å². The number of Topliss-reactive ketones (excluding diaryl/α,β-unsaturated/α-hetero) is 1. The fourth-order valence-electron chi connectivity index (χ4n) is 8.54. The molecule has 4 aliphatic carbocycles. The first-order chi connectivity index (χ1) is 14.0. The van der Waals surface area contributed by atoms with Gasteiger partial charge in [0, 0.05) is 12.3 Å². The summed E-state index contributed by atoms with van der Waals surface area (Å²) in [5.74, 6) is 2.84. The van der Waals surface area contributed by atoms with E-state index in [2.05, 4.69) is 40.7 Å². The van der Waals surface area contributed by atoms with Gasteiger partial charge >= 0.3 is 0 Å². The zero-order chi connectivity index (χ0) is 21.9. The molecular weight excluding hydrogens is 364 g/mol. The molecule has 0 spiro atoms. The van der Waals surface area contributed by atoms with E-state index in [0.29, 0.717) is 27.9 Å². The van der Waals surface area contributed by atoms with Gasteiger partial charge in [0.25, 0.3) is 0 Å². The third-order valence-electron chi connectivity index (χ3n) is 10.4. The summed E-state index contributed by atoms with van der Waals surface area (Å²) in [5, 5.41) is 0. The molecule has 1 heteroatoms. The second-order valence-corrected chi connectivity index (χ2v) is 12.8. The van der Waals surface area contributed by atoms with Crippen LogP contribution in [0.25, 0.3) is 0 Å². The number of rotatable bonds is 5. The zero-order valence-corrected chi connectivity index (χ0v) is 20.9. The molecule has 0 bridgehead atoms. The van der Waals surface area contributed by atoms with Gasteiger partial charge < -0.3 is 0 Å². The van der Waals surface area contributed by atoms with E-state index in [1.807, 2.05) is 19.4 Å². The smallest absolute Gasteiger partial charge is 0.135 e. The second kappa shape index (κ2) is 7.63. The van der Waals surface area contributed by atoms with Gasteiger partial charge in [0.15, 0.2) is 0 Å². The molecule has 0 saturated heterocycles. The molecule has 1 unspecified atom stereocenters. The van der Waals surface area contributed by atoms with Crippen LogP contribution in [0.15, 0.2) is 22.8 Å². The number of fused-ring (bicyclic) bond motifs is 4. The Morgan fingerprint density at radius 3 is 2.47 bits per heavy atom. The molecule has 0 heterocycles. The summed E-state index contributed by atoms with van der Waals surface area (Å²) in [5.41, 5.74) is 6.65. The number of allylic oxidation sites excluding steroid dienone is 4. The molecule has 4 rings (SSSR count). The first kappa shape index (κ1) is 22.3. The summed E-state index contributed by atoms with van der Waals surface area (Å²) in [6.07, 6.45) is 15.3. The van der Waals surface area contributed by atoms with E-state index in [1.54, 1.807) is 11.1 Å². The SMILES string of the molecule is CC(C)C(=O)CC[C@@H](C)[C@H]1CC=C2C3=C(CC[C@@]21C)[C@@]1(C)CCCC(C)(C)C1CC3. The van der Waals surface area contributed by atoms with Crippen molar-refractivity contribution in [3.8, 4) is 0 Å². The standard InChI is InChI=1S/C29H46O/c1-19(2)25(30)13-9-20(3)22-11-12-23-21-10-14-26-27(4,5)16-8-17-29(26,7)24(21)15-18-28(22,23)6/h12,19-20,22,26H,8-11,13-18H2,1-7H3/t20-,22-,26?,28-,29-/m1/s1. The molecule has 1 fully saturated rings. The van der Waals surface area contributed by atoms with Crippen LogP contribution in [0.4, 0.5) is 0 Å². The van der Waals surface area contributed by atoms with E-state index in [-0.39, 0.29) is 5.92 Å². The number of hydrogen-bond donors (Lipinski definition) is 0. The van der Waals surface area contributed by atoms with Crippen LogP contribution in [0, 0.1) is 39.9 Å². The molecule has 0 amide bonds. The molecule has 0 aromatic heterocycles. The van der Waals surface area contributed by atoms with Crippen molar-refractivity contribution in [1.82, 2.24) is 0 Å². The maximum Gasteiger partial charge on any atom is 0.135 e. The van der Waals surface area contributed by atoms with Crippen LogP contribution in [-0.2, 0) is 4.79 Å². The van der Waals surface area contributed by atoms with Crippen molar-refractivity contribution in [3.63, 3.8) is 0 Å². The highest BCUT2D eigenvalue weighted by atomic mass is 16.1. The summed E-state index contributed by atoms with van der Waals surface area (Å²) >= 11 is 0. The molecule has 5 atom stereocenters. The topological polar surface area (TPSA) is 17.1 Å². The lowest BCUT2D eigenvalue weighted by Gasteiger charge is -2.58. The Morgan fingerprint density at radius 1 is 1.03 bits per heavy atom. The highest BCUT2D eigenvalue weighted by molar-refractivity contribution is 5.80. The minimum Gasteiger partial charge on any atom is -0.299 e. The minimum absolute atomic E-state index is 0.183. The molecule has 0 aromatic rings. The molecule has 0 aromatic carbocycles. The number of hydrogen-bond acceptors (Lipinski definition) is 1. The highest BCUT2D eigenvalue weighted by Crippen LogP contribution is 2.66. The van der Waals surface area contributed by atoms with E-state index in [4.69, 9.17) is 0 Å². The zero-order valence-electron chi connectivity index (χ0n) is 20.9. The summed E-state index contributed by atoms with van der Waals surface area (Å²) in [7, 11) is 0. The van der Waals surface area contributed by atoms with Crippen LogP contribution >= 0.6 is 0 Å². The predicted molar refractivity (Wildman–Crippen MR) is 127 cm³/mol. The Hall–Kier alpha value is -0.850. The molecular formula is C29H46O. The first-order valence-electron chi connectivity index (χ1n) is 13.0. The van der Waals surface area contributed by atoms with Crippen LogP contribution in [-0.4, -0.2) is 5.78 Å². The van der Waals surface area contributed by atoms with Gasteiger partial charge in [0.1, 0.15) is 5.78 Å². The van der Waals surface area contributed by atoms with Crippen LogP contribution in [0.2, 0.25) is 0 Å². The lowest BCUT2D eigenvalue weighted by molar-refractivity contribution is -0.122. The van der Waals surface area contributed by atoms with Crippen LogP contribution in [0.5, 0.6) is 0 Å². The Labute approximate surface area is 186 Å². The normalized spacial score (nSPS) is 38.6. The van der Waals surface area contributed by atoms with Crippen molar-refractivity contribution in [2.45, 2.75) is 113 Å². The van der Waals surface area contributed by atoms with Crippen LogP contribution < -0.4 is 0 Å². The lowest BCUT2D eigenvalue weighted by Crippen LogP contribution is -2.47. The van der Waals surface area contributed by atoms with Gasteiger partial charge in [-0.05, 0) is 96.5 Å². The van der Waals surface area contributed by atoms with Gasteiger partial charge in [-0.25, -0.2) is 0 Å². The Bertz CT molecular complexity index is 765. The van der Waals surface area contributed by atoms with Crippen molar-refractivity contribution in [2.75, 3.05) is 0 Å². The van der Waals surface area contributed by atoms with Crippen molar-refractivity contribution in [1.29, 1.82) is 0 Å². The second-order valence-electron chi connectivity index (χ2n) is 12.8. The molecule has 30 heavy (non-hydrogen) atoms. The number of carbonyl (C=O) groups excluding carboxylic acids is 1. The van der Waals surface area contributed by atoms with E-state index in [9.17, 15) is 4.79 Å². The maximum atomic E-state index is 12.2. The molecule has 4 aliphatic rings. The van der Waals surface area contributed by atoms with Gasteiger partial charge in [-0.1, -0.05) is 66.5 Å². The monoisotopic (exact) mass is 410 g/mol. The van der Waals surface area contributed by atoms with E-state index >= 15 is 0 Å². The number of ketones is 1. The average molecular weight is 411 g/mol. The van der Waals surface area contributed by atoms with Crippen LogP contribution in [0.3, 0.4) is 0 Å².